The highest BCUT2D eigenvalue weighted by Crippen LogP contribution is 2.68. The van der Waals surface area contributed by atoms with Gasteiger partial charge in [0, 0.05) is 13.0 Å². The van der Waals surface area contributed by atoms with Crippen molar-refractivity contribution in [2.24, 2.45) is 52.3 Å². The number of carbonyl (C=O) groups excluding carboxylic acids is 1. The summed E-state index contributed by atoms with van der Waals surface area (Å²) < 4.78 is 11.2. The van der Waals surface area contributed by atoms with E-state index < -0.39 is 25.6 Å². The van der Waals surface area contributed by atoms with E-state index in [4.69, 9.17) is 9.79 Å². The quantitative estimate of drug-likeness (QED) is 0.216. The largest absolute Gasteiger partial charge is 0.481 e. The SMILES string of the molecule is C[C@H](CCNC(=O)CCC(CP(=O)(O)O)C(=O)O)[C@H]1CCC2C3C(CC[C@@]21C)[C@@]1(C)CC[C@@H](O)CC1C[C@@H]3O. The van der Waals surface area contributed by atoms with E-state index in [9.17, 15) is 29.5 Å². The Morgan fingerprint density at radius 3 is 2.31 bits per heavy atom. The van der Waals surface area contributed by atoms with Crippen LogP contribution in [0.1, 0.15) is 91.4 Å². The molecule has 6 N–H and O–H groups in total. The van der Waals surface area contributed by atoms with Gasteiger partial charge in [0.2, 0.25) is 5.91 Å². The minimum atomic E-state index is -4.47. The molecule has 10 heteroatoms. The van der Waals surface area contributed by atoms with Crippen LogP contribution in [0.3, 0.4) is 0 Å². The molecule has 0 radical (unpaired) electrons. The lowest BCUT2D eigenvalue weighted by Crippen LogP contribution is -2.58. The van der Waals surface area contributed by atoms with E-state index in [1.54, 1.807) is 0 Å². The zero-order valence-electron chi connectivity index (χ0n) is 23.8. The second-order valence-corrected chi connectivity index (χ2v) is 15.7. The molecule has 0 aromatic carbocycles. The molecule has 0 aromatic heterocycles. The highest BCUT2D eigenvalue weighted by atomic mass is 31.2. The van der Waals surface area contributed by atoms with Crippen molar-refractivity contribution in [2.45, 2.75) is 104 Å². The lowest BCUT2D eigenvalue weighted by Gasteiger charge is -2.62. The van der Waals surface area contributed by atoms with Crippen LogP contribution in [0.2, 0.25) is 0 Å². The number of hydrogen-bond acceptors (Lipinski definition) is 5. The van der Waals surface area contributed by atoms with Crippen LogP contribution in [0.15, 0.2) is 0 Å². The Kier molecular flexibility index (Phi) is 9.30. The molecule has 0 aliphatic heterocycles. The van der Waals surface area contributed by atoms with Gasteiger partial charge in [0.1, 0.15) is 0 Å². The zero-order chi connectivity index (χ0) is 28.8. The van der Waals surface area contributed by atoms with Crippen molar-refractivity contribution in [3.8, 4) is 0 Å². The first-order valence-corrected chi connectivity index (χ1v) is 16.9. The number of carbonyl (C=O) groups is 2. The first kappa shape index (κ1) is 31.0. The number of carboxylic acid groups (broad SMARTS) is 1. The molecule has 0 aromatic rings. The molecule has 1 amide bonds. The first-order chi connectivity index (χ1) is 18.2. The Balaban J connectivity index is 1.30. The van der Waals surface area contributed by atoms with Gasteiger partial charge in [-0.1, -0.05) is 20.8 Å². The van der Waals surface area contributed by atoms with Crippen LogP contribution in [0.5, 0.6) is 0 Å². The summed E-state index contributed by atoms with van der Waals surface area (Å²) in [5, 5.41) is 33.8. The number of rotatable bonds is 10. The van der Waals surface area contributed by atoms with Crippen LogP contribution in [0.4, 0.5) is 0 Å². The average molecular weight is 572 g/mol. The van der Waals surface area contributed by atoms with E-state index >= 15 is 0 Å². The minimum Gasteiger partial charge on any atom is -0.481 e. The van der Waals surface area contributed by atoms with E-state index in [0.29, 0.717) is 42.1 Å². The van der Waals surface area contributed by atoms with Crippen LogP contribution in [0.25, 0.3) is 0 Å². The molecule has 4 aliphatic rings. The second kappa shape index (κ2) is 11.7. The number of fused-ring (bicyclic) bond motifs is 5. The van der Waals surface area contributed by atoms with Crippen LogP contribution in [0, 0.1) is 52.3 Å². The number of aliphatic carboxylic acids is 1. The molecule has 4 rings (SSSR count). The lowest BCUT2D eigenvalue weighted by atomic mass is 9.43. The van der Waals surface area contributed by atoms with E-state index in [-0.39, 0.29) is 41.8 Å². The van der Waals surface area contributed by atoms with Crippen molar-refractivity contribution in [1.82, 2.24) is 5.32 Å². The van der Waals surface area contributed by atoms with Crippen molar-refractivity contribution in [3.63, 3.8) is 0 Å². The molecule has 4 aliphatic carbocycles. The standard InChI is InChI=1S/C29H50NO8P/c1-17(10-13-30-25(33)7-4-18(27(34)35)16-39(36,37)38)21-5-6-22-26-23(9-12-29(21,22)3)28(2)11-8-20(31)14-19(28)15-24(26)32/h17-24,26,31-32H,4-16H2,1-3H3,(H,30,33)(H,34,35)(H2,36,37,38)/t17-,18?,19?,20-,21-,22?,23?,24+,26?,28+,29-/m1/s1. The predicted molar refractivity (Wildman–Crippen MR) is 147 cm³/mol. The van der Waals surface area contributed by atoms with E-state index in [2.05, 4.69) is 26.1 Å². The average Bonchev–Trinajstić information content (AvgIpc) is 3.19. The van der Waals surface area contributed by atoms with Gasteiger partial charge in [0.05, 0.1) is 24.3 Å². The summed E-state index contributed by atoms with van der Waals surface area (Å²) in [6, 6.07) is 0. The van der Waals surface area contributed by atoms with Gasteiger partial charge in [-0.25, -0.2) is 0 Å². The summed E-state index contributed by atoms with van der Waals surface area (Å²) in [6.07, 6.45) is 7.49. The van der Waals surface area contributed by atoms with Crippen LogP contribution in [-0.4, -0.2) is 61.9 Å². The minimum absolute atomic E-state index is 0.0771. The monoisotopic (exact) mass is 571 g/mol. The van der Waals surface area contributed by atoms with Crippen LogP contribution < -0.4 is 5.32 Å². The number of nitrogens with one attached hydrogen (secondary N) is 1. The molecular weight excluding hydrogens is 521 g/mol. The lowest BCUT2D eigenvalue weighted by molar-refractivity contribution is -0.174. The van der Waals surface area contributed by atoms with Crippen molar-refractivity contribution in [1.29, 1.82) is 0 Å². The molecule has 4 saturated carbocycles. The Bertz CT molecular complexity index is 956. The number of hydrogen-bond donors (Lipinski definition) is 6. The van der Waals surface area contributed by atoms with Gasteiger partial charge in [0.15, 0.2) is 0 Å². The Morgan fingerprint density at radius 2 is 1.64 bits per heavy atom. The summed E-state index contributed by atoms with van der Waals surface area (Å²) in [7, 11) is -4.47. The van der Waals surface area contributed by atoms with Crippen LogP contribution >= 0.6 is 7.60 Å². The summed E-state index contributed by atoms with van der Waals surface area (Å²) in [5.41, 5.74) is 0.379. The number of aliphatic hydroxyl groups excluding tert-OH is 2. The fourth-order valence-corrected chi connectivity index (χ4v) is 10.7. The number of amides is 1. The maximum Gasteiger partial charge on any atom is 0.326 e. The van der Waals surface area contributed by atoms with Gasteiger partial charge in [0.25, 0.3) is 0 Å². The topological polar surface area (TPSA) is 164 Å². The van der Waals surface area contributed by atoms with E-state index in [0.717, 1.165) is 57.8 Å². The smallest absolute Gasteiger partial charge is 0.326 e. The molecule has 39 heavy (non-hydrogen) atoms. The maximum absolute atomic E-state index is 12.3. The number of carboxylic acids is 1. The summed E-state index contributed by atoms with van der Waals surface area (Å²) in [6.45, 7) is 7.61. The highest BCUT2D eigenvalue weighted by molar-refractivity contribution is 7.51. The maximum atomic E-state index is 12.3. The van der Waals surface area contributed by atoms with Crippen LogP contribution in [-0.2, 0) is 14.2 Å². The van der Waals surface area contributed by atoms with Crippen molar-refractivity contribution in [3.05, 3.63) is 0 Å². The van der Waals surface area contributed by atoms with Gasteiger partial charge in [-0.15, -0.1) is 0 Å². The van der Waals surface area contributed by atoms with E-state index in [1.807, 2.05) is 0 Å². The Labute approximate surface area is 232 Å². The van der Waals surface area contributed by atoms with Gasteiger partial charge in [-0.3, -0.25) is 14.2 Å². The fourth-order valence-electron chi connectivity index (χ4n) is 9.79. The Morgan fingerprint density at radius 1 is 0.974 bits per heavy atom. The van der Waals surface area contributed by atoms with E-state index in [1.165, 1.54) is 0 Å². The third-order valence-corrected chi connectivity index (χ3v) is 12.8. The summed E-state index contributed by atoms with van der Waals surface area (Å²) in [5.74, 6) is -0.166. The second-order valence-electron chi connectivity index (χ2n) is 14.0. The molecule has 0 saturated heterocycles. The molecular formula is C29H50NO8P. The van der Waals surface area contributed by atoms with Gasteiger partial charge in [-0.05, 0) is 111 Å². The van der Waals surface area contributed by atoms with Crippen molar-refractivity contribution < 1.29 is 39.3 Å². The molecule has 11 atom stereocenters. The van der Waals surface area contributed by atoms with Crippen molar-refractivity contribution in [2.75, 3.05) is 12.7 Å². The normalized spacial score (nSPS) is 41.6. The highest BCUT2D eigenvalue weighted by Gasteiger charge is 2.62. The fraction of sp³-hybridized carbons (Fsp3) is 0.931. The molecule has 0 bridgehead atoms. The molecule has 224 valence electrons. The van der Waals surface area contributed by atoms with Gasteiger partial charge < -0.3 is 30.4 Å². The molecule has 0 spiro atoms. The molecule has 0 heterocycles. The summed E-state index contributed by atoms with van der Waals surface area (Å²) in [4.78, 5) is 41.8. The Hall–Kier alpha value is -0.990. The summed E-state index contributed by atoms with van der Waals surface area (Å²) >= 11 is 0. The predicted octanol–water partition coefficient (Wildman–Crippen LogP) is 3.78. The van der Waals surface area contributed by atoms with Gasteiger partial charge >= 0.3 is 13.6 Å². The van der Waals surface area contributed by atoms with Crippen molar-refractivity contribution >= 4 is 19.5 Å². The third kappa shape index (κ3) is 6.43. The third-order valence-electron chi connectivity index (χ3n) is 11.9. The van der Waals surface area contributed by atoms with Gasteiger partial charge in [-0.2, -0.15) is 0 Å². The molecule has 9 nitrogen and oxygen atoms in total. The number of aliphatic hydroxyl groups is 2. The first-order valence-electron chi connectivity index (χ1n) is 15.1. The molecule has 4 fully saturated rings. The zero-order valence-corrected chi connectivity index (χ0v) is 24.7. The molecule has 5 unspecified atom stereocenters.